The minimum atomic E-state index is -1.09. The van der Waals surface area contributed by atoms with Crippen molar-refractivity contribution in [3.05, 3.63) is 45.6 Å². The van der Waals surface area contributed by atoms with E-state index in [0.29, 0.717) is 21.3 Å². The lowest BCUT2D eigenvalue weighted by Crippen LogP contribution is -2.27. The molecule has 7 heteroatoms. The monoisotopic (exact) mass is 324 g/mol. The third kappa shape index (κ3) is 2.91. The number of hydrogen-bond donors (Lipinski definition) is 1. The molecule has 0 atom stereocenters. The number of nitrogens with zero attached hydrogens (tertiary/aromatic N) is 2. The van der Waals surface area contributed by atoms with E-state index < -0.39 is 5.97 Å². The van der Waals surface area contributed by atoms with Crippen molar-refractivity contribution in [2.45, 2.75) is 13.8 Å². The smallest absolute Gasteiger partial charge is 0.340 e. The maximum absolute atomic E-state index is 12.5. The van der Waals surface area contributed by atoms with Gasteiger partial charge in [-0.1, -0.05) is 11.6 Å². The molecule has 0 bridgehead atoms. The van der Waals surface area contributed by atoms with E-state index in [0.717, 1.165) is 17.1 Å². The van der Waals surface area contributed by atoms with Gasteiger partial charge in [-0.05, 0) is 49.1 Å². The lowest BCUT2D eigenvalue weighted by molar-refractivity contribution is 0.0697. The van der Waals surface area contributed by atoms with Gasteiger partial charge in [0.2, 0.25) is 0 Å². The number of amides is 1. The van der Waals surface area contributed by atoms with Crippen molar-refractivity contribution in [2.75, 3.05) is 11.9 Å². The number of rotatable bonds is 3. The first-order valence-corrected chi connectivity index (χ1v) is 7.21. The zero-order chi connectivity index (χ0) is 15.7. The van der Waals surface area contributed by atoms with Gasteiger partial charge in [-0.2, -0.15) is 4.37 Å². The third-order valence-corrected chi connectivity index (χ3v) is 4.34. The molecule has 0 saturated heterocycles. The summed E-state index contributed by atoms with van der Waals surface area (Å²) < 4.78 is 4.02. The molecule has 2 rings (SSSR count). The Morgan fingerprint density at radius 1 is 1.33 bits per heavy atom. The molecule has 1 amide bonds. The molecule has 0 aliphatic carbocycles. The molecule has 1 N–H and O–H groups in total. The molecule has 0 saturated carbocycles. The number of anilines is 1. The Morgan fingerprint density at radius 3 is 2.57 bits per heavy atom. The van der Waals surface area contributed by atoms with Crippen molar-refractivity contribution in [1.82, 2.24) is 4.37 Å². The van der Waals surface area contributed by atoms with Gasteiger partial charge >= 0.3 is 5.97 Å². The normalized spacial score (nSPS) is 10.5. The predicted molar refractivity (Wildman–Crippen MR) is 82.7 cm³/mol. The molecule has 0 aliphatic heterocycles. The molecule has 1 aromatic carbocycles. The SMILES string of the molecule is Cc1cc(Cl)ccc1C(=O)N(C)c1snc(C)c1C(=O)O. The molecule has 1 aromatic heterocycles. The number of aryl methyl sites for hydroxylation is 2. The van der Waals surface area contributed by atoms with E-state index in [1.54, 1.807) is 32.0 Å². The summed E-state index contributed by atoms with van der Waals surface area (Å²) in [4.78, 5) is 25.1. The maximum atomic E-state index is 12.5. The average molecular weight is 325 g/mol. The second kappa shape index (κ2) is 5.83. The van der Waals surface area contributed by atoms with E-state index >= 15 is 0 Å². The van der Waals surface area contributed by atoms with Gasteiger partial charge in [0.25, 0.3) is 5.91 Å². The number of carboxylic acids is 1. The van der Waals surface area contributed by atoms with Crippen LogP contribution in [0.25, 0.3) is 0 Å². The molecule has 5 nitrogen and oxygen atoms in total. The first kappa shape index (κ1) is 15.5. The van der Waals surface area contributed by atoms with Crippen LogP contribution in [0, 0.1) is 13.8 Å². The molecule has 0 aliphatic rings. The molecule has 0 spiro atoms. The zero-order valence-electron chi connectivity index (χ0n) is 11.7. The molecular weight excluding hydrogens is 312 g/mol. The fourth-order valence-electron chi connectivity index (χ4n) is 1.97. The van der Waals surface area contributed by atoms with Crippen molar-refractivity contribution in [3.8, 4) is 0 Å². The molecular formula is C14H13ClN2O3S. The number of hydrogen-bond acceptors (Lipinski definition) is 4. The van der Waals surface area contributed by atoms with Crippen molar-refractivity contribution in [1.29, 1.82) is 0 Å². The molecule has 0 fully saturated rings. The van der Waals surface area contributed by atoms with Crippen LogP contribution in [0.2, 0.25) is 5.02 Å². The van der Waals surface area contributed by atoms with Gasteiger partial charge in [0, 0.05) is 17.6 Å². The Balaban J connectivity index is 2.42. The van der Waals surface area contributed by atoms with Crippen LogP contribution in [-0.4, -0.2) is 28.4 Å². The van der Waals surface area contributed by atoms with Gasteiger partial charge < -0.3 is 10.0 Å². The topological polar surface area (TPSA) is 70.5 Å². The van der Waals surface area contributed by atoms with Gasteiger partial charge in [-0.15, -0.1) is 0 Å². The quantitative estimate of drug-likeness (QED) is 0.939. The summed E-state index contributed by atoms with van der Waals surface area (Å²) in [5, 5.41) is 10.1. The Bertz CT molecular complexity index is 727. The fourth-order valence-corrected chi connectivity index (χ4v) is 3.05. The first-order valence-electron chi connectivity index (χ1n) is 6.06. The zero-order valence-corrected chi connectivity index (χ0v) is 13.2. The van der Waals surface area contributed by atoms with E-state index in [1.807, 2.05) is 0 Å². The van der Waals surface area contributed by atoms with Gasteiger partial charge in [0.15, 0.2) is 0 Å². The van der Waals surface area contributed by atoms with Crippen LogP contribution < -0.4 is 4.90 Å². The van der Waals surface area contributed by atoms with Crippen LogP contribution in [0.3, 0.4) is 0 Å². The van der Waals surface area contributed by atoms with E-state index in [-0.39, 0.29) is 11.5 Å². The summed E-state index contributed by atoms with van der Waals surface area (Å²) in [6.45, 7) is 3.39. The maximum Gasteiger partial charge on any atom is 0.340 e. The van der Waals surface area contributed by atoms with Crippen LogP contribution in [0.15, 0.2) is 18.2 Å². The number of carbonyl (C=O) groups is 2. The van der Waals surface area contributed by atoms with Crippen molar-refractivity contribution in [3.63, 3.8) is 0 Å². The number of benzene rings is 1. The Kier molecular flexibility index (Phi) is 4.29. The number of carboxylic acid groups (broad SMARTS) is 1. The summed E-state index contributed by atoms with van der Waals surface area (Å²) in [6, 6.07) is 4.95. The second-order valence-corrected chi connectivity index (χ2v) is 5.76. The molecule has 110 valence electrons. The molecule has 1 heterocycles. The van der Waals surface area contributed by atoms with Crippen molar-refractivity contribution >= 4 is 40.0 Å². The lowest BCUT2D eigenvalue weighted by atomic mass is 10.1. The van der Waals surface area contributed by atoms with Gasteiger partial charge in [0.05, 0.1) is 5.69 Å². The van der Waals surface area contributed by atoms with Crippen molar-refractivity contribution in [2.24, 2.45) is 0 Å². The largest absolute Gasteiger partial charge is 0.478 e. The lowest BCUT2D eigenvalue weighted by Gasteiger charge is -2.17. The number of halogens is 1. The molecule has 2 aromatic rings. The predicted octanol–water partition coefficient (Wildman–Crippen LogP) is 3.39. The minimum absolute atomic E-state index is 0.0578. The Hall–Kier alpha value is -1.92. The van der Waals surface area contributed by atoms with Gasteiger partial charge in [-0.25, -0.2) is 4.79 Å². The number of aromatic nitrogens is 1. The molecule has 21 heavy (non-hydrogen) atoms. The summed E-state index contributed by atoms with van der Waals surface area (Å²) in [6.07, 6.45) is 0. The van der Waals surface area contributed by atoms with E-state index in [2.05, 4.69) is 4.37 Å². The van der Waals surface area contributed by atoms with Crippen LogP contribution >= 0.6 is 23.1 Å². The first-order chi connectivity index (χ1) is 9.82. The summed E-state index contributed by atoms with van der Waals surface area (Å²) in [5.41, 5.74) is 1.67. The average Bonchev–Trinajstić information content (AvgIpc) is 2.79. The summed E-state index contributed by atoms with van der Waals surface area (Å²) in [7, 11) is 1.54. The highest BCUT2D eigenvalue weighted by molar-refractivity contribution is 7.11. The third-order valence-electron chi connectivity index (χ3n) is 3.09. The van der Waals surface area contributed by atoms with Crippen LogP contribution in [0.4, 0.5) is 5.00 Å². The fraction of sp³-hybridized carbons (Fsp3) is 0.214. The second-order valence-electron chi connectivity index (χ2n) is 4.58. The summed E-state index contributed by atoms with van der Waals surface area (Å²) >= 11 is 6.87. The van der Waals surface area contributed by atoms with Gasteiger partial charge in [0.1, 0.15) is 10.6 Å². The van der Waals surface area contributed by atoms with E-state index in [9.17, 15) is 14.7 Å². The minimum Gasteiger partial charge on any atom is -0.478 e. The van der Waals surface area contributed by atoms with E-state index in [1.165, 1.54) is 11.9 Å². The molecule has 0 unspecified atom stereocenters. The molecule has 0 radical (unpaired) electrons. The Labute approximate surface area is 130 Å². The van der Waals surface area contributed by atoms with Crippen molar-refractivity contribution < 1.29 is 14.7 Å². The van der Waals surface area contributed by atoms with Crippen LogP contribution in [-0.2, 0) is 0 Å². The van der Waals surface area contributed by atoms with Gasteiger partial charge in [-0.3, -0.25) is 4.79 Å². The number of aromatic carboxylic acids is 1. The standard InChI is InChI=1S/C14H13ClN2O3S/c1-7-6-9(15)4-5-10(7)12(18)17(3)13-11(14(19)20)8(2)16-21-13/h4-6H,1-3H3,(H,19,20). The van der Waals surface area contributed by atoms with E-state index in [4.69, 9.17) is 11.6 Å². The highest BCUT2D eigenvalue weighted by Gasteiger charge is 2.25. The highest BCUT2D eigenvalue weighted by Crippen LogP contribution is 2.29. The highest BCUT2D eigenvalue weighted by atomic mass is 35.5. The number of carbonyl (C=O) groups excluding carboxylic acids is 1. The van der Waals surface area contributed by atoms with Crippen LogP contribution in [0.1, 0.15) is 32.0 Å². The summed E-state index contributed by atoms with van der Waals surface area (Å²) in [5.74, 6) is -1.39. The van der Waals surface area contributed by atoms with Crippen LogP contribution in [0.5, 0.6) is 0 Å². The Morgan fingerprint density at radius 2 is 2.00 bits per heavy atom.